The smallest absolute Gasteiger partial charge is 0.0833 e. The summed E-state index contributed by atoms with van der Waals surface area (Å²) in [5, 5.41) is 0. The van der Waals surface area contributed by atoms with Gasteiger partial charge in [-0.25, -0.2) is 0 Å². The number of hydrogen-bond acceptors (Lipinski definition) is 2. The molecule has 0 saturated heterocycles. The van der Waals surface area contributed by atoms with E-state index in [1.165, 1.54) is 0 Å². The Hall–Kier alpha value is -0.790. The van der Waals surface area contributed by atoms with Gasteiger partial charge in [0.2, 0.25) is 0 Å². The average Bonchev–Trinajstić information content (AvgIpc) is 2.06. The zero-order chi connectivity index (χ0) is 4.57. The van der Waals surface area contributed by atoms with E-state index in [2.05, 4.69) is 11.6 Å². The predicted molar refractivity (Wildman–Crippen MR) is 25.6 cm³/mol. The van der Waals surface area contributed by atoms with E-state index in [1.54, 1.807) is 0 Å². The molecule has 0 aromatic heterocycles. The number of nitrogens with zero attached hydrogens (tertiary/aromatic N) is 1. The summed E-state index contributed by atoms with van der Waals surface area (Å²) in [5.41, 5.74) is 6.76. The van der Waals surface area contributed by atoms with Gasteiger partial charge in [-0.15, -0.1) is 0 Å². The fourth-order valence-electron chi connectivity index (χ4n) is 0.243. The van der Waals surface area contributed by atoms with Crippen LogP contribution in [0, 0.1) is 0 Å². The molecule has 0 bridgehead atoms. The van der Waals surface area contributed by atoms with Gasteiger partial charge < -0.3 is 5.73 Å². The van der Waals surface area contributed by atoms with E-state index in [9.17, 15) is 0 Å². The molecule has 1 aliphatic rings. The van der Waals surface area contributed by atoms with Gasteiger partial charge in [-0.05, 0) is 0 Å². The van der Waals surface area contributed by atoms with Crippen LogP contribution in [0.3, 0.4) is 0 Å². The fourth-order valence-corrected chi connectivity index (χ4v) is 0.243. The van der Waals surface area contributed by atoms with Crippen molar-refractivity contribution in [2.75, 3.05) is 6.54 Å². The Morgan fingerprint density at radius 1 is 2.00 bits per heavy atom. The van der Waals surface area contributed by atoms with Crippen molar-refractivity contribution in [1.82, 2.24) is 0 Å². The molecule has 0 unspecified atom stereocenters. The Morgan fingerprint density at radius 2 is 2.50 bits per heavy atom. The molecule has 0 aromatic rings. The molecular weight excluding hydrogens is 76.1 g/mol. The normalized spacial score (nSPS) is 16.3. The van der Waals surface area contributed by atoms with Crippen molar-refractivity contribution >= 4 is 5.71 Å². The number of rotatable bonds is 1. The maximum atomic E-state index is 5.17. The van der Waals surface area contributed by atoms with Gasteiger partial charge in [0, 0.05) is 5.70 Å². The first-order valence-electron chi connectivity index (χ1n) is 1.79. The van der Waals surface area contributed by atoms with E-state index >= 15 is 0 Å². The largest absolute Gasteiger partial charge is 0.398 e. The van der Waals surface area contributed by atoms with Gasteiger partial charge in [-0.3, -0.25) is 4.99 Å². The SMILES string of the molecule is C=C(N)C1=NC1. The second-order valence-electron chi connectivity index (χ2n) is 1.29. The topological polar surface area (TPSA) is 38.4 Å². The lowest BCUT2D eigenvalue weighted by Crippen LogP contribution is -1.99. The quantitative estimate of drug-likeness (QED) is 0.472. The molecule has 1 aliphatic heterocycles. The number of hydrogen-bond donors (Lipinski definition) is 1. The average molecular weight is 82.1 g/mol. The lowest BCUT2D eigenvalue weighted by atomic mass is 10.4. The third kappa shape index (κ3) is 0.407. The third-order valence-electron chi connectivity index (χ3n) is 0.687. The van der Waals surface area contributed by atoms with Gasteiger partial charge in [-0.2, -0.15) is 0 Å². The van der Waals surface area contributed by atoms with Crippen LogP contribution in [0.25, 0.3) is 0 Å². The second kappa shape index (κ2) is 0.834. The Labute approximate surface area is 36.4 Å². The lowest BCUT2D eigenvalue weighted by Gasteiger charge is -1.76. The summed E-state index contributed by atoms with van der Waals surface area (Å²) < 4.78 is 0. The Balaban J connectivity index is 2.52. The zero-order valence-electron chi connectivity index (χ0n) is 3.44. The second-order valence-corrected chi connectivity index (χ2v) is 1.29. The molecular formula is C4H6N2. The molecule has 0 spiro atoms. The van der Waals surface area contributed by atoms with Crippen molar-refractivity contribution in [3.63, 3.8) is 0 Å². The molecule has 0 amide bonds. The van der Waals surface area contributed by atoms with E-state index in [0.29, 0.717) is 5.70 Å². The summed E-state index contributed by atoms with van der Waals surface area (Å²) in [6, 6.07) is 0. The summed E-state index contributed by atoms with van der Waals surface area (Å²) >= 11 is 0. The zero-order valence-corrected chi connectivity index (χ0v) is 3.44. The first-order chi connectivity index (χ1) is 2.80. The van der Waals surface area contributed by atoms with Crippen LogP contribution in [0.4, 0.5) is 0 Å². The molecule has 32 valence electrons. The van der Waals surface area contributed by atoms with Crippen molar-refractivity contribution < 1.29 is 0 Å². The first-order valence-corrected chi connectivity index (χ1v) is 1.79. The highest BCUT2D eigenvalue weighted by atomic mass is 14.9. The molecule has 0 radical (unpaired) electrons. The van der Waals surface area contributed by atoms with Gasteiger partial charge in [0.1, 0.15) is 0 Å². The standard InChI is InChI=1S/C4H6N2/c1-3(5)4-2-6-4/h1-2,5H2. The molecule has 0 saturated carbocycles. The predicted octanol–water partition coefficient (Wildman–Crippen LogP) is -0.0866. The fraction of sp³-hybridized carbons (Fsp3) is 0.250. The summed E-state index contributed by atoms with van der Waals surface area (Å²) in [6.45, 7) is 4.28. The van der Waals surface area contributed by atoms with Gasteiger partial charge in [0.25, 0.3) is 0 Å². The molecule has 0 aliphatic carbocycles. The van der Waals surface area contributed by atoms with E-state index in [0.717, 1.165) is 12.3 Å². The molecule has 1 rings (SSSR count). The number of aliphatic imine (C=N–C) groups is 1. The van der Waals surface area contributed by atoms with Gasteiger partial charge >= 0.3 is 0 Å². The minimum Gasteiger partial charge on any atom is -0.398 e. The molecule has 2 heteroatoms. The van der Waals surface area contributed by atoms with Crippen LogP contribution in [0.2, 0.25) is 0 Å². The van der Waals surface area contributed by atoms with Gasteiger partial charge in [0.05, 0.1) is 12.3 Å². The third-order valence-corrected chi connectivity index (χ3v) is 0.687. The van der Waals surface area contributed by atoms with Crippen LogP contribution < -0.4 is 5.73 Å². The highest BCUT2D eigenvalue weighted by Crippen LogP contribution is 1.99. The van der Waals surface area contributed by atoms with Crippen molar-refractivity contribution in [3.8, 4) is 0 Å². The minimum atomic E-state index is 0.620. The summed E-state index contributed by atoms with van der Waals surface area (Å²) in [7, 11) is 0. The Bertz CT molecular complexity index is 113. The monoisotopic (exact) mass is 82.1 g/mol. The molecule has 2 N–H and O–H groups in total. The van der Waals surface area contributed by atoms with Gasteiger partial charge in [-0.1, -0.05) is 6.58 Å². The van der Waals surface area contributed by atoms with Crippen LogP contribution in [-0.4, -0.2) is 12.3 Å². The minimum absolute atomic E-state index is 0.620. The molecule has 1 heterocycles. The van der Waals surface area contributed by atoms with Crippen LogP contribution in [0.1, 0.15) is 0 Å². The molecule has 0 fully saturated rings. The maximum absolute atomic E-state index is 5.17. The van der Waals surface area contributed by atoms with Crippen molar-refractivity contribution in [2.24, 2.45) is 10.7 Å². The molecule has 2 nitrogen and oxygen atoms in total. The van der Waals surface area contributed by atoms with E-state index in [1.807, 2.05) is 0 Å². The number of nitrogens with two attached hydrogens (primary N) is 1. The highest BCUT2D eigenvalue weighted by Gasteiger charge is 2.08. The van der Waals surface area contributed by atoms with Crippen LogP contribution in [0.5, 0.6) is 0 Å². The van der Waals surface area contributed by atoms with Crippen molar-refractivity contribution in [2.45, 2.75) is 0 Å². The maximum Gasteiger partial charge on any atom is 0.0833 e. The van der Waals surface area contributed by atoms with Crippen LogP contribution in [-0.2, 0) is 0 Å². The van der Waals surface area contributed by atoms with Gasteiger partial charge in [0.15, 0.2) is 0 Å². The summed E-state index contributed by atoms with van der Waals surface area (Å²) in [5.74, 6) is 0. The van der Waals surface area contributed by atoms with Crippen LogP contribution >= 0.6 is 0 Å². The molecule has 0 aromatic carbocycles. The van der Waals surface area contributed by atoms with E-state index < -0.39 is 0 Å². The van der Waals surface area contributed by atoms with Crippen LogP contribution in [0.15, 0.2) is 17.3 Å². The van der Waals surface area contributed by atoms with Crippen molar-refractivity contribution in [3.05, 3.63) is 12.3 Å². The molecule has 0 atom stereocenters. The highest BCUT2D eigenvalue weighted by molar-refractivity contribution is 6.08. The summed E-state index contributed by atoms with van der Waals surface area (Å²) in [4.78, 5) is 3.79. The van der Waals surface area contributed by atoms with Crippen molar-refractivity contribution in [1.29, 1.82) is 0 Å². The lowest BCUT2D eigenvalue weighted by molar-refractivity contribution is 1.52. The first kappa shape index (κ1) is 3.40. The molecule has 6 heavy (non-hydrogen) atoms. The Kier molecular flexibility index (Phi) is 0.473. The van der Waals surface area contributed by atoms with E-state index in [4.69, 9.17) is 5.73 Å². The van der Waals surface area contributed by atoms with E-state index in [-0.39, 0.29) is 0 Å². The Morgan fingerprint density at radius 3 is 2.50 bits per heavy atom. The summed E-state index contributed by atoms with van der Waals surface area (Å²) in [6.07, 6.45) is 0.